The molecule has 0 spiro atoms. The average molecular weight is 446 g/mol. The number of nitrogens with zero attached hydrogens (tertiary/aromatic N) is 3. The summed E-state index contributed by atoms with van der Waals surface area (Å²) in [5.74, 6) is 0.259. The van der Waals surface area contributed by atoms with E-state index in [1.807, 2.05) is 6.19 Å². The lowest BCUT2D eigenvalue weighted by molar-refractivity contribution is 0.00681. The number of ether oxygens (including phenoxy) is 1. The number of aromatic nitrogens is 1. The highest BCUT2D eigenvalue weighted by atomic mass is 32.2. The molecular formula is C21H24FN5O3S. The first-order valence-corrected chi connectivity index (χ1v) is 11.3. The number of pyridine rings is 1. The number of nitrogens with one attached hydrogen (secondary N) is 2. The summed E-state index contributed by atoms with van der Waals surface area (Å²) in [4.78, 5) is 8.42. The number of hydrogen-bond acceptors (Lipinski definition) is 6. The second-order valence-corrected chi connectivity index (χ2v) is 9.40. The lowest BCUT2D eigenvalue weighted by Gasteiger charge is -2.30. The monoisotopic (exact) mass is 445 g/mol. The third kappa shape index (κ3) is 5.77. The Morgan fingerprint density at radius 2 is 1.97 bits per heavy atom. The van der Waals surface area contributed by atoms with Crippen molar-refractivity contribution in [3.05, 3.63) is 54.4 Å². The van der Waals surface area contributed by atoms with Crippen LogP contribution in [0, 0.1) is 11.5 Å². The molecule has 1 aliphatic carbocycles. The molecule has 8 nitrogen and oxygen atoms in total. The van der Waals surface area contributed by atoms with Gasteiger partial charge in [-0.2, -0.15) is 5.26 Å². The van der Waals surface area contributed by atoms with Crippen LogP contribution in [0.4, 0.5) is 10.1 Å². The van der Waals surface area contributed by atoms with E-state index in [9.17, 15) is 12.8 Å². The highest BCUT2D eigenvalue weighted by Gasteiger charge is 2.37. The van der Waals surface area contributed by atoms with Crippen LogP contribution >= 0.6 is 0 Å². The van der Waals surface area contributed by atoms with Crippen molar-refractivity contribution in [1.82, 2.24) is 10.3 Å². The van der Waals surface area contributed by atoms with Gasteiger partial charge in [-0.05, 0) is 49.1 Å². The number of guanidine groups is 1. The minimum atomic E-state index is -3.63. The predicted molar refractivity (Wildman–Crippen MR) is 115 cm³/mol. The summed E-state index contributed by atoms with van der Waals surface area (Å²) in [7, 11) is -2.19. The summed E-state index contributed by atoms with van der Waals surface area (Å²) in [5, 5.41) is 13.6. The van der Waals surface area contributed by atoms with Crippen LogP contribution in [-0.4, -0.2) is 44.0 Å². The number of hydrogen-bond donors (Lipinski definition) is 2. The van der Waals surface area contributed by atoms with Gasteiger partial charge in [0.1, 0.15) is 6.17 Å². The van der Waals surface area contributed by atoms with Crippen LogP contribution in [0.3, 0.4) is 0 Å². The average Bonchev–Trinajstić information content (AvgIpc) is 2.78. The summed E-state index contributed by atoms with van der Waals surface area (Å²) < 4.78 is 45.0. The number of aliphatic imine (C=N–C) groups is 1. The molecular weight excluding hydrogens is 421 g/mol. The van der Waals surface area contributed by atoms with Crippen molar-refractivity contribution < 1.29 is 17.5 Å². The maximum atomic E-state index is 14.2. The van der Waals surface area contributed by atoms with E-state index in [-0.39, 0.29) is 23.8 Å². The third-order valence-corrected chi connectivity index (χ3v) is 7.43. The molecule has 3 unspecified atom stereocenters. The fourth-order valence-electron chi connectivity index (χ4n) is 3.48. The van der Waals surface area contributed by atoms with Gasteiger partial charge in [-0.25, -0.2) is 17.8 Å². The Balaban J connectivity index is 1.67. The Morgan fingerprint density at radius 3 is 2.58 bits per heavy atom. The molecule has 0 aliphatic heterocycles. The van der Waals surface area contributed by atoms with Gasteiger partial charge < -0.3 is 10.1 Å². The van der Waals surface area contributed by atoms with E-state index in [1.54, 1.807) is 36.7 Å². The van der Waals surface area contributed by atoms with Gasteiger partial charge in [-0.3, -0.25) is 10.3 Å². The molecule has 0 radical (unpaired) electrons. The summed E-state index contributed by atoms with van der Waals surface area (Å²) in [6.07, 6.45) is 3.91. The molecule has 10 heteroatoms. The smallest absolute Gasteiger partial charge is 0.209 e. The number of sulfone groups is 1. The van der Waals surface area contributed by atoms with Crippen LogP contribution in [0.1, 0.15) is 24.8 Å². The van der Waals surface area contributed by atoms with Crippen LogP contribution in [0.15, 0.2) is 58.7 Å². The van der Waals surface area contributed by atoms with Gasteiger partial charge in [-0.15, -0.1) is 0 Å². The fraction of sp³-hybridized carbons (Fsp3) is 0.381. The Hall–Kier alpha value is -3.03. The molecule has 1 aliphatic rings. The highest BCUT2D eigenvalue weighted by Crippen LogP contribution is 2.31. The van der Waals surface area contributed by atoms with Gasteiger partial charge in [0.25, 0.3) is 0 Å². The van der Waals surface area contributed by atoms with Crippen molar-refractivity contribution in [2.45, 2.75) is 48.2 Å². The molecule has 3 rings (SSSR count). The Bertz CT molecular complexity index is 1040. The second kappa shape index (κ2) is 10.3. The van der Waals surface area contributed by atoms with Crippen molar-refractivity contribution >= 4 is 21.5 Å². The zero-order valence-electron chi connectivity index (χ0n) is 17.0. The van der Waals surface area contributed by atoms with Crippen molar-refractivity contribution in [3.8, 4) is 6.19 Å². The van der Waals surface area contributed by atoms with Crippen LogP contribution in [0.2, 0.25) is 0 Å². The Labute approximate surface area is 181 Å². The van der Waals surface area contributed by atoms with Gasteiger partial charge in [0, 0.05) is 25.2 Å². The summed E-state index contributed by atoms with van der Waals surface area (Å²) >= 11 is 0. The number of alkyl halides is 1. The molecule has 1 fully saturated rings. The van der Waals surface area contributed by atoms with Gasteiger partial charge in [0.2, 0.25) is 5.96 Å². The standard InChI is InChI=1S/C21H24FN5O3S/c1-30-20-7-6-18(12-19(20)22)31(28,29)17-4-2-15(3-5-17)13-25-21(26-14-23)27-16-8-10-24-11-9-16/h2-5,8-11,18-20H,6-7,12-13H2,1H3,(H2,24,25,26,27). The van der Waals surface area contributed by atoms with Crippen molar-refractivity contribution in [2.75, 3.05) is 12.4 Å². The number of benzene rings is 1. The van der Waals surface area contributed by atoms with E-state index >= 15 is 0 Å². The molecule has 3 atom stereocenters. The third-order valence-electron chi connectivity index (χ3n) is 5.20. The number of nitriles is 1. The van der Waals surface area contributed by atoms with Gasteiger partial charge in [-0.1, -0.05) is 12.1 Å². The minimum absolute atomic E-state index is 0.0588. The number of methoxy groups -OCH3 is 1. The number of halogens is 1. The highest BCUT2D eigenvalue weighted by molar-refractivity contribution is 7.92. The quantitative estimate of drug-likeness (QED) is 0.304. The zero-order chi connectivity index (χ0) is 22.3. The first-order valence-electron chi connectivity index (χ1n) is 9.80. The minimum Gasteiger partial charge on any atom is -0.378 e. The summed E-state index contributed by atoms with van der Waals surface area (Å²) in [5.41, 5.74) is 1.48. The topological polar surface area (TPSA) is 116 Å². The van der Waals surface area contributed by atoms with E-state index in [4.69, 9.17) is 10.00 Å². The Morgan fingerprint density at radius 1 is 1.26 bits per heavy atom. The zero-order valence-corrected chi connectivity index (χ0v) is 17.8. The number of rotatable bonds is 6. The SMILES string of the molecule is COC1CCC(S(=O)(=O)c2ccc(CN=C(NC#N)Nc3ccncc3)cc2)CC1F. The largest absolute Gasteiger partial charge is 0.378 e. The molecule has 1 saturated carbocycles. The molecule has 0 amide bonds. The van der Waals surface area contributed by atoms with Crippen LogP contribution in [0.5, 0.6) is 0 Å². The Kier molecular flexibility index (Phi) is 7.55. The summed E-state index contributed by atoms with van der Waals surface area (Å²) in [6, 6.07) is 9.83. The molecule has 1 heterocycles. The molecule has 1 aromatic carbocycles. The lowest BCUT2D eigenvalue weighted by atomic mass is 9.95. The summed E-state index contributed by atoms with van der Waals surface area (Å²) in [6.45, 7) is 0.230. The van der Waals surface area contributed by atoms with E-state index in [2.05, 4.69) is 20.6 Å². The molecule has 2 N–H and O–H groups in total. The maximum Gasteiger partial charge on any atom is 0.209 e. The molecule has 164 valence electrons. The number of anilines is 1. The molecule has 31 heavy (non-hydrogen) atoms. The lowest BCUT2D eigenvalue weighted by Crippen LogP contribution is -2.38. The molecule has 0 saturated heterocycles. The van der Waals surface area contributed by atoms with Gasteiger partial charge in [0.05, 0.1) is 22.8 Å². The normalized spacial score (nSPS) is 21.8. The predicted octanol–water partition coefficient (Wildman–Crippen LogP) is 2.80. The van der Waals surface area contributed by atoms with Crippen LogP contribution in [0.25, 0.3) is 0 Å². The molecule has 2 aromatic rings. The molecule has 1 aromatic heterocycles. The molecule has 0 bridgehead atoms. The van der Waals surface area contributed by atoms with Crippen molar-refractivity contribution in [2.24, 2.45) is 4.99 Å². The first kappa shape index (κ1) is 22.7. The van der Waals surface area contributed by atoms with E-state index in [1.165, 1.54) is 19.2 Å². The van der Waals surface area contributed by atoms with Gasteiger partial charge in [0.15, 0.2) is 16.0 Å². The van der Waals surface area contributed by atoms with Crippen molar-refractivity contribution in [1.29, 1.82) is 5.26 Å². The van der Waals surface area contributed by atoms with E-state index in [0.29, 0.717) is 18.5 Å². The first-order chi connectivity index (χ1) is 14.9. The fourth-order valence-corrected chi connectivity index (χ4v) is 5.27. The maximum absolute atomic E-state index is 14.2. The van der Waals surface area contributed by atoms with Crippen LogP contribution < -0.4 is 10.6 Å². The van der Waals surface area contributed by atoms with Crippen LogP contribution in [-0.2, 0) is 21.1 Å². The van der Waals surface area contributed by atoms with Gasteiger partial charge >= 0.3 is 0 Å². The van der Waals surface area contributed by atoms with E-state index < -0.39 is 27.4 Å². The van der Waals surface area contributed by atoms with Crippen molar-refractivity contribution in [3.63, 3.8) is 0 Å². The van der Waals surface area contributed by atoms with E-state index in [0.717, 1.165) is 5.56 Å². The second-order valence-electron chi connectivity index (χ2n) is 7.18.